The highest BCUT2D eigenvalue weighted by molar-refractivity contribution is 6.31. The van der Waals surface area contributed by atoms with Gasteiger partial charge in [-0.1, -0.05) is 11.6 Å². The van der Waals surface area contributed by atoms with Crippen molar-refractivity contribution in [2.24, 2.45) is 0 Å². The fraction of sp³-hybridized carbons (Fsp3) is 0.333. The van der Waals surface area contributed by atoms with E-state index in [9.17, 15) is 4.39 Å². The molecule has 1 aromatic rings. The monoisotopic (exact) mass is 203 g/mol. The number of benzene rings is 1. The lowest BCUT2D eigenvalue weighted by atomic mass is 10.1. The molecule has 1 rings (SSSR count). The van der Waals surface area contributed by atoms with Crippen LogP contribution in [0.25, 0.3) is 0 Å². The normalized spacial score (nSPS) is 10.5. The highest BCUT2D eigenvalue weighted by Gasteiger charge is 2.05. The molecule has 2 nitrogen and oxygen atoms in total. The maximum absolute atomic E-state index is 13.2. The molecule has 0 saturated carbocycles. The van der Waals surface area contributed by atoms with Gasteiger partial charge in [0.15, 0.2) is 0 Å². The van der Waals surface area contributed by atoms with E-state index in [0.717, 1.165) is 5.56 Å². The van der Waals surface area contributed by atoms with Gasteiger partial charge in [0, 0.05) is 17.1 Å². The lowest BCUT2D eigenvalue weighted by Gasteiger charge is -2.06. The van der Waals surface area contributed by atoms with Crippen molar-refractivity contribution >= 4 is 11.6 Å². The summed E-state index contributed by atoms with van der Waals surface area (Å²) in [4.78, 5) is 4.61. The van der Waals surface area contributed by atoms with Crippen molar-refractivity contribution in [3.05, 3.63) is 34.1 Å². The van der Waals surface area contributed by atoms with Crippen molar-refractivity contribution in [1.29, 1.82) is 0 Å². The molecule has 0 aliphatic rings. The summed E-state index contributed by atoms with van der Waals surface area (Å²) < 4.78 is 13.2. The van der Waals surface area contributed by atoms with Gasteiger partial charge in [-0.3, -0.25) is 0 Å². The summed E-state index contributed by atoms with van der Waals surface area (Å²) in [5, 5.41) is 0.564. The molecule has 13 heavy (non-hydrogen) atoms. The van der Waals surface area contributed by atoms with E-state index in [1.807, 2.05) is 0 Å². The molecule has 0 unspecified atom stereocenters. The van der Waals surface area contributed by atoms with Gasteiger partial charge < -0.3 is 4.84 Å². The van der Waals surface area contributed by atoms with Gasteiger partial charge in [0.1, 0.15) is 5.82 Å². The lowest BCUT2D eigenvalue weighted by Crippen LogP contribution is -2.12. The molecule has 1 N–H and O–H groups in total. The first kappa shape index (κ1) is 10.4. The minimum absolute atomic E-state index is 0.272. The van der Waals surface area contributed by atoms with Crippen LogP contribution in [0.3, 0.4) is 0 Å². The van der Waals surface area contributed by atoms with Gasteiger partial charge >= 0.3 is 0 Å². The standard InChI is InChI=1S/C9H11ClFNO/c1-6-3-9(11)7(4-8(6)10)5-12-13-2/h3-4,12H,5H2,1-2H3. The van der Waals surface area contributed by atoms with Crippen molar-refractivity contribution in [2.45, 2.75) is 13.5 Å². The van der Waals surface area contributed by atoms with E-state index in [-0.39, 0.29) is 5.82 Å². The summed E-state index contributed by atoms with van der Waals surface area (Å²) in [5.74, 6) is -0.272. The quantitative estimate of drug-likeness (QED) is 0.762. The second-order valence-corrected chi connectivity index (χ2v) is 3.13. The van der Waals surface area contributed by atoms with Crippen LogP contribution in [-0.2, 0) is 11.4 Å². The summed E-state index contributed by atoms with van der Waals surface area (Å²) in [5.41, 5.74) is 3.79. The summed E-state index contributed by atoms with van der Waals surface area (Å²) in [7, 11) is 1.48. The Kier molecular flexibility index (Phi) is 3.66. The van der Waals surface area contributed by atoms with Crippen LogP contribution in [0.15, 0.2) is 12.1 Å². The minimum Gasteiger partial charge on any atom is -0.305 e. The second kappa shape index (κ2) is 4.56. The summed E-state index contributed by atoms with van der Waals surface area (Å²) in [6.07, 6.45) is 0. The molecule has 0 heterocycles. The van der Waals surface area contributed by atoms with Gasteiger partial charge in [-0.15, -0.1) is 0 Å². The molecule has 1 aromatic carbocycles. The Labute approximate surface area is 81.6 Å². The zero-order valence-electron chi connectivity index (χ0n) is 7.53. The summed E-state index contributed by atoms with van der Waals surface area (Å²) in [6, 6.07) is 3.01. The number of nitrogens with one attached hydrogen (secondary N) is 1. The van der Waals surface area contributed by atoms with E-state index < -0.39 is 0 Å². The van der Waals surface area contributed by atoms with E-state index in [1.54, 1.807) is 13.0 Å². The Hall–Kier alpha value is -0.640. The van der Waals surface area contributed by atoms with Crippen LogP contribution in [0.2, 0.25) is 5.02 Å². The van der Waals surface area contributed by atoms with Gasteiger partial charge in [-0.05, 0) is 24.6 Å². The molecule has 0 aromatic heterocycles. The van der Waals surface area contributed by atoms with Crippen LogP contribution in [0, 0.1) is 12.7 Å². The fourth-order valence-electron chi connectivity index (χ4n) is 0.973. The minimum atomic E-state index is -0.272. The predicted octanol–water partition coefficient (Wildman–Crippen LogP) is 2.44. The molecular weight excluding hydrogens is 193 g/mol. The Morgan fingerprint density at radius 3 is 2.85 bits per heavy atom. The van der Waals surface area contributed by atoms with Crippen molar-refractivity contribution in [3.8, 4) is 0 Å². The first-order chi connectivity index (χ1) is 6.15. The molecule has 4 heteroatoms. The first-order valence-electron chi connectivity index (χ1n) is 3.85. The molecule has 0 fully saturated rings. The topological polar surface area (TPSA) is 21.3 Å². The van der Waals surface area contributed by atoms with Gasteiger partial charge in [0.2, 0.25) is 0 Å². The number of hydroxylamine groups is 1. The van der Waals surface area contributed by atoms with E-state index in [4.69, 9.17) is 11.6 Å². The molecule has 72 valence electrons. The number of rotatable bonds is 3. The molecule has 0 aliphatic carbocycles. The average Bonchev–Trinajstić information content (AvgIpc) is 2.09. The number of hydrogen-bond acceptors (Lipinski definition) is 2. The number of aryl methyl sites for hydroxylation is 1. The van der Waals surface area contributed by atoms with Crippen LogP contribution in [-0.4, -0.2) is 7.11 Å². The van der Waals surface area contributed by atoms with Gasteiger partial charge in [-0.25, -0.2) is 4.39 Å². The van der Waals surface area contributed by atoms with Crippen molar-refractivity contribution < 1.29 is 9.23 Å². The Morgan fingerprint density at radius 2 is 2.23 bits per heavy atom. The number of hydrogen-bond donors (Lipinski definition) is 1. The van der Waals surface area contributed by atoms with Crippen LogP contribution in [0.4, 0.5) is 4.39 Å². The van der Waals surface area contributed by atoms with E-state index in [2.05, 4.69) is 10.3 Å². The Bertz CT molecular complexity index is 304. The van der Waals surface area contributed by atoms with Crippen molar-refractivity contribution in [3.63, 3.8) is 0 Å². The van der Waals surface area contributed by atoms with Crippen LogP contribution in [0.1, 0.15) is 11.1 Å². The SMILES string of the molecule is CONCc1cc(Cl)c(C)cc1F. The van der Waals surface area contributed by atoms with E-state index in [0.29, 0.717) is 17.1 Å². The van der Waals surface area contributed by atoms with Crippen LogP contribution >= 0.6 is 11.6 Å². The maximum Gasteiger partial charge on any atom is 0.128 e. The summed E-state index contributed by atoms with van der Waals surface area (Å²) in [6.45, 7) is 2.07. The molecule has 0 amide bonds. The number of halogens is 2. The highest BCUT2D eigenvalue weighted by Crippen LogP contribution is 2.19. The predicted molar refractivity (Wildman–Crippen MR) is 50.0 cm³/mol. The van der Waals surface area contributed by atoms with Crippen molar-refractivity contribution in [2.75, 3.05) is 7.11 Å². The molecule has 0 aliphatic heterocycles. The van der Waals surface area contributed by atoms with Crippen LogP contribution < -0.4 is 5.48 Å². The first-order valence-corrected chi connectivity index (χ1v) is 4.23. The third-order valence-electron chi connectivity index (χ3n) is 1.73. The maximum atomic E-state index is 13.2. The largest absolute Gasteiger partial charge is 0.305 e. The highest BCUT2D eigenvalue weighted by atomic mass is 35.5. The van der Waals surface area contributed by atoms with E-state index in [1.165, 1.54) is 13.2 Å². The Balaban J connectivity index is 2.88. The van der Waals surface area contributed by atoms with Crippen LogP contribution in [0.5, 0.6) is 0 Å². The molecular formula is C9H11ClFNO. The van der Waals surface area contributed by atoms with E-state index >= 15 is 0 Å². The third-order valence-corrected chi connectivity index (χ3v) is 2.14. The average molecular weight is 204 g/mol. The molecule has 0 spiro atoms. The molecule has 0 atom stereocenters. The van der Waals surface area contributed by atoms with Crippen molar-refractivity contribution in [1.82, 2.24) is 5.48 Å². The fourth-order valence-corrected chi connectivity index (χ4v) is 1.16. The Morgan fingerprint density at radius 1 is 1.54 bits per heavy atom. The molecule has 0 saturated heterocycles. The zero-order chi connectivity index (χ0) is 9.84. The smallest absolute Gasteiger partial charge is 0.128 e. The molecule has 0 radical (unpaired) electrons. The third kappa shape index (κ3) is 2.66. The molecule has 0 bridgehead atoms. The van der Waals surface area contributed by atoms with Gasteiger partial charge in [0.25, 0.3) is 0 Å². The van der Waals surface area contributed by atoms with Gasteiger partial charge in [0.05, 0.1) is 7.11 Å². The lowest BCUT2D eigenvalue weighted by molar-refractivity contribution is 0.0859. The zero-order valence-corrected chi connectivity index (χ0v) is 8.28. The second-order valence-electron chi connectivity index (χ2n) is 2.72. The summed E-state index contributed by atoms with van der Waals surface area (Å²) >= 11 is 5.83. The van der Waals surface area contributed by atoms with Gasteiger partial charge in [-0.2, -0.15) is 5.48 Å².